The van der Waals surface area contributed by atoms with Gasteiger partial charge in [-0.05, 0) is 12.1 Å². The van der Waals surface area contributed by atoms with Crippen molar-refractivity contribution in [1.29, 1.82) is 0 Å². The van der Waals surface area contributed by atoms with Gasteiger partial charge in [-0.15, -0.1) is 23.1 Å². The van der Waals surface area contributed by atoms with Crippen LogP contribution in [0.25, 0.3) is 0 Å². The highest BCUT2D eigenvalue weighted by Crippen LogP contribution is 2.36. The SMILES string of the molecule is NC(=O)Cc1csc(NC(=O)C[C@H]2Sc3ccccc3NC2=O)n1. The molecule has 0 unspecified atom stereocenters. The molecule has 0 radical (unpaired) electrons. The van der Waals surface area contributed by atoms with Crippen molar-refractivity contribution in [2.24, 2.45) is 5.73 Å². The minimum Gasteiger partial charge on any atom is -0.369 e. The molecule has 24 heavy (non-hydrogen) atoms. The Balaban J connectivity index is 1.60. The van der Waals surface area contributed by atoms with Gasteiger partial charge in [-0.1, -0.05) is 12.1 Å². The lowest BCUT2D eigenvalue weighted by Crippen LogP contribution is -2.32. The molecule has 3 amide bonds. The quantitative estimate of drug-likeness (QED) is 0.748. The molecule has 1 aromatic heterocycles. The van der Waals surface area contributed by atoms with Crippen LogP contribution < -0.4 is 16.4 Å². The molecule has 0 saturated carbocycles. The van der Waals surface area contributed by atoms with E-state index >= 15 is 0 Å². The molecule has 3 rings (SSSR count). The number of anilines is 2. The first-order valence-corrected chi connectivity index (χ1v) is 8.86. The zero-order valence-electron chi connectivity index (χ0n) is 12.4. The molecule has 1 aromatic carbocycles. The summed E-state index contributed by atoms with van der Waals surface area (Å²) in [5.41, 5.74) is 6.38. The van der Waals surface area contributed by atoms with Crippen molar-refractivity contribution in [1.82, 2.24) is 4.98 Å². The predicted molar refractivity (Wildman–Crippen MR) is 93.0 cm³/mol. The summed E-state index contributed by atoms with van der Waals surface area (Å²) < 4.78 is 0. The summed E-state index contributed by atoms with van der Waals surface area (Å²) in [7, 11) is 0. The van der Waals surface area contributed by atoms with Gasteiger partial charge in [0.05, 0.1) is 23.1 Å². The molecule has 124 valence electrons. The highest BCUT2D eigenvalue weighted by atomic mass is 32.2. The third-order valence-electron chi connectivity index (χ3n) is 3.23. The molecule has 0 aliphatic carbocycles. The van der Waals surface area contributed by atoms with Crippen LogP contribution >= 0.6 is 23.1 Å². The monoisotopic (exact) mass is 362 g/mol. The van der Waals surface area contributed by atoms with Gasteiger partial charge in [0.25, 0.3) is 0 Å². The molecule has 0 bridgehead atoms. The minimum absolute atomic E-state index is 0.0318. The summed E-state index contributed by atoms with van der Waals surface area (Å²) in [6.45, 7) is 0. The van der Waals surface area contributed by atoms with Crippen molar-refractivity contribution in [2.75, 3.05) is 10.6 Å². The molecule has 0 saturated heterocycles. The Labute approximate surface area is 146 Å². The maximum absolute atomic E-state index is 12.1. The largest absolute Gasteiger partial charge is 0.369 e. The third kappa shape index (κ3) is 3.92. The van der Waals surface area contributed by atoms with E-state index in [4.69, 9.17) is 5.73 Å². The summed E-state index contributed by atoms with van der Waals surface area (Å²) in [5.74, 6) is -0.975. The van der Waals surface area contributed by atoms with Gasteiger partial charge in [0.15, 0.2) is 5.13 Å². The summed E-state index contributed by atoms with van der Waals surface area (Å²) >= 11 is 2.58. The average Bonchev–Trinajstić information content (AvgIpc) is 2.94. The van der Waals surface area contributed by atoms with E-state index in [1.807, 2.05) is 24.3 Å². The van der Waals surface area contributed by atoms with Crippen LogP contribution in [0.1, 0.15) is 12.1 Å². The Kier molecular flexibility index (Phi) is 4.81. The van der Waals surface area contributed by atoms with Gasteiger partial charge in [-0.25, -0.2) is 4.98 Å². The standard InChI is InChI=1S/C15H14N4O3S2/c16-12(20)5-8-7-23-15(17-8)19-13(21)6-11-14(22)18-9-3-1-2-4-10(9)24-11/h1-4,7,11H,5-6H2,(H2,16,20)(H,18,22)(H,17,19,21)/t11-/m1/s1. The first kappa shape index (κ1) is 16.5. The minimum atomic E-state index is -0.495. The first-order valence-electron chi connectivity index (χ1n) is 7.10. The summed E-state index contributed by atoms with van der Waals surface area (Å²) in [6.07, 6.45) is 0.0691. The number of aromatic nitrogens is 1. The Hall–Kier alpha value is -2.39. The Bertz CT molecular complexity index is 806. The van der Waals surface area contributed by atoms with Gasteiger partial charge in [-0.3, -0.25) is 14.4 Å². The van der Waals surface area contributed by atoms with Crippen LogP contribution in [-0.2, 0) is 20.8 Å². The number of primary amides is 1. The lowest BCUT2D eigenvalue weighted by Gasteiger charge is -2.23. The molecular weight excluding hydrogens is 348 g/mol. The molecule has 7 nitrogen and oxygen atoms in total. The number of nitrogens with two attached hydrogens (primary N) is 1. The van der Waals surface area contributed by atoms with E-state index in [0.29, 0.717) is 10.8 Å². The van der Waals surface area contributed by atoms with Gasteiger partial charge >= 0.3 is 0 Å². The number of carbonyl (C=O) groups is 3. The van der Waals surface area contributed by atoms with E-state index in [9.17, 15) is 14.4 Å². The van der Waals surface area contributed by atoms with E-state index in [1.165, 1.54) is 23.1 Å². The van der Waals surface area contributed by atoms with Crippen molar-refractivity contribution in [3.8, 4) is 0 Å². The lowest BCUT2D eigenvalue weighted by atomic mass is 10.2. The van der Waals surface area contributed by atoms with Crippen LogP contribution in [0, 0.1) is 0 Å². The number of thioether (sulfide) groups is 1. The number of nitrogens with zero attached hydrogens (tertiary/aromatic N) is 1. The highest BCUT2D eigenvalue weighted by molar-refractivity contribution is 8.01. The highest BCUT2D eigenvalue weighted by Gasteiger charge is 2.29. The van der Waals surface area contributed by atoms with Crippen molar-refractivity contribution in [2.45, 2.75) is 23.0 Å². The van der Waals surface area contributed by atoms with Crippen molar-refractivity contribution >= 4 is 51.6 Å². The number of amides is 3. The van der Waals surface area contributed by atoms with Crippen LogP contribution in [0.2, 0.25) is 0 Å². The Morgan fingerprint density at radius 3 is 2.92 bits per heavy atom. The molecule has 0 spiro atoms. The van der Waals surface area contributed by atoms with Crippen molar-refractivity contribution in [3.63, 3.8) is 0 Å². The number of hydrogen-bond acceptors (Lipinski definition) is 6. The lowest BCUT2D eigenvalue weighted by molar-refractivity contribution is -0.120. The molecule has 1 aliphatic rings. The third-order valence-corrected chi connectivity index (χ3v) is 5.31. The second-order valence-electron chi connectivity index (χ2n) is 5.13. The maximum atomic E-state index is 12.1. The molecule has 1 atom stereocenters. The smallest absolute Gasteiger partial charge is 0.238 e. The number of benzene rings is 1. The van der Waals surface area contributed by atoms with Crippen LogP contribution in [0.15, 0.2) is 34.5 Å². The van der Waals surface area contributed by atoms with Gasteiger partial charge in [0.2, 0.25) is 17.7 Å². The summed E-state index contributed by atoms with van der Waals surface area (Å²) in [6, 6.07) is 7.46. The van der Waals surface area contributed by atoms with Crippen LogP contribution in [0.4, 0.5) is 10.8 Å². The van der Waals surface area contributed by atoms with E-state index in [-0.39, 0.29) is 24.7 Å². The normalized spacial score (nSPS) is 16.2. The van der Waals surface area contributed by atoms with E-state index in [0.717, 1.165) is 10.6 Å². The number of hydrogen-bond donors (Lipinski definition) is 3. The fourth-order valence-electron chi connectivity index (χ4n) is 2.19. The summed E-state index contributed by atoms with van der Waals surface area (Å²) in [5, 5.41) is 7.01. The number of rotatable bonds is 5. The number of nitrogens with one attached hydrogen (secondary N) is 2. The van der Waals surface area contributed by atoms with E-state index in [1.54, 1.807) is 5.38 Å². The van der Waals surface area contributed by atoms with Gasteiger partial charge in [0.1, 0.15) is 0 Å². The van der Waals surface area contributed by atoms with Crippen molar-refractivity contribution in [3.05, 3.63) is 35.3 Å². The van der Waals surface area contributed by atoms with E-state index < -0.39 is 11.2 Å². The van der Waals surface area contributed by atoms with Crippen LogP contribution in [0.3, 0.4) is 0 Å². The summed E-state index contributed by atoms with van der Waals surface area (Å²) in [4.78, 5) is 40.1. The van der Waals surface area contributed by atoms with Crippen LogP contribution in [-0.4, -0.2) is 28.0 Å². The molecule has 2 heterocycles. The van der Waals surface area contributed by atoms with Gasteiger partial charge in [0, 0.05) is 16.7 Å². The molecule has 9 heteroatoms. The second kappa shape index (κ2) is 7.02. The number of carbonyl (C=O) groups excluding carboxylic acids is 3. The fourth-order valence-corrected chi connectivity index (χ4v) is 4.03. The molecule has 0 fully saturated rings. The topological polar surface area (TPSA) is 114 Å². The average molecular weight is 362 g/mol. The zero-order chi connectivity index (χ0) is 17.1. The van der Waals surface area contributed by atoms with E-state index in [2.05, 4.69) is 15.6 Å². The number of fused-ring (bicyclic) bond motifs is 1. The zero-order valence-corrected chi connectivity index (χ0v) is 14.1. The Morgan fingerprint density at radius 1 is 1.33 bits per heavy atom. The number of thiazole rings is 1. The maximum Gasteiger partial charge on any atom is 0.238 e. The van der Waals surface area contributed by atoms with Crippen molar-refractivity contribution < 1.29 is 14.4 Å². The fraction of sp³-hybridized carbons (Fsp3) is 0.200. The number of para-hydroxylation sites is 1. The molecule has 4 N–H and O–H groups in total. The molecule has 1 aliphatic heterocycles. The van der Waals surface area contributed by atoms with Gasteiger partial charge < -0.3 is 16.4 Å². The molecular formula is C15H14N4O3S2. The Morgan fingerprint density at radius 2 is 2.12 bits per heavy atom. The van der Waals surface area contributed by atoms with Gasteiger partial charge in [-0.2, -0.15) is 0 Å². The van der Waals surface area contributed by atoms with Crippen LogP contribution in [0.5, 0.6) is 0 Å². The first-order chi connectivity index (χ1) is 11.5. The molecule has 2 aromatic rings. The predicted octanol–water partition coefficient (Wildman–Crippen LogP) is 1.61. The second-order valence-corrected chi connectivity index (χ2v) is 7.23.